The smallest absolute Gasteiger partial charge is 0.193 e. The molecule has 0 fully saturated rings. The van der Waals surface area contributed by atoms with Crippen LogP contribution in [0.4, 0.5) is 5.69 Å². The third-order valence-corrected chi connectivity index (χ3v) is 3.87. The lowest BCUT2D eigenvalue weighted by Crippen LogP contribution is -2.24. The van der Waals surface area contributed by atoms with Crippen LogP contribution in [0.1, 0.15) is 25.5 Å². The van der Waals surface area contributed by atoms with Crippen molar-refractivity contribution in [3.63, 3.8) is 0 Å². The van der Waals surface area contributed by atoms with E-state index in [1.54, 1.807) is 24.3 Å². The minimum absolute atomic E-state index is 0. The zero-order valence-electron chi connectivity index (χ0n) is 15.3. The van der Waals surface area contributed by atoms with E-state index in [4.69, 9.17) is 26.8 Å². The number of ether oxygens (including phenoxy) is 2. The largest absolute Gasteiger partial charge is 0.494 e. The van der Waals surface area contributed by atoms with Crippen LogP contribution in [-0.4, -0.2) is 30.8 Å². The number of anilines is 1. The highest BCUT2D eigenvalue weighted by atomic mass is 127. The Morgan fingerprint density at radius 1 is 1.19 bits per heavy atom. The molecule has 0 aliphatic heterocycles. The quantitative estimate of drug-likeness (QED) is 0.284. The number of nitrogens with zero attached hydrogens (tertiary/aromatic N) is 1. The Kier molecular flexibility index (Phi) is 10.3. The maximum atomic E-state index is 10.2. The van der Waals surface area contributed by atoms with E-state index >= 15 is 0 Å². The van der Waals surface area contributed by atoms with Gasteiger partial charge < -0.3 is 25.6 Å². The van der Waals surface area contributed by atoms with Crippen molar-refractivity contribution in [2.45, 2.75) is 20.0 Å². The summed E-state index contributed by atoms with van der Waals surface area (Å²) in [5.74, 6) is 1.49. The molecule has 2 aromatic rings. The second-order valence-corrected chi connectivity index (χ2v) is 5.82. The average molecular weight is 506 g/mol. The van der Waals surface area contributed by atoms with E-state index in [-0.39, 0.29) is 36.5 Å². The predicted molar refractivity (Wildman–Crippen MR) is 121 cm³/mol. The first-order valence-corrected chi connectivity index (χ1v) is 8.82. The van der Waals surface area contributed by atoms with Crippen molar-refractivity contribution in [3.8, 4) is 11.5 Å². The number of rotatable bonds is 8. The number of benzene rings is 2. The summed E-state index contributed by atoms with van der Waals surface area (Å²) in [4.78, 5) is 4.19. The monoisotopic (exact) mass is 505 g/mol. The number of nitrogens with two attached hydrogens (primary N) is 1. The minimum atomic E-state index is -0.842. The fourth-order valence-electron chi connectivity index (χ4n) is 2.35. The zero-order chi connectivity index (χ0) is 18.9. The van der Waals surface area contributed by atoms with Gasteiger partial charge in [0.15, 0.2) is 5.96 Å². The number of halogens is 2. The van der Waals surface area contributed by atoms with E-state index in [0.717, 1.165) is 0 Å². The lowest BCUT2D eigenvalue weighted by molar-refractivity contribution is 0.187. The van der Waals surface area contributed by atoms with Crippen molar-refractivity contribution in [2.24, 2.45) is 10.7 Å². The van der Waals surface area contributed by atoms with E-state index in [1.165, 1.54) is 0 Å². The van der Waals surface area contributed by atoms with E-state index in [2.05, 4.69) is 10.3 Å². The molecule has 0 heterocycles. The van der Waals surface area contributed by atoms with Crippen LogP contribution in [0.15, 0.2) is 47.5 Å². The topological polar surface area (TPSA) is 89.1 Å². The summed E-state index contributed by atoms with van der Waals surface area (Å²) >= 11 is 6.08. The Morgan fingerprint density at radius 3 is 2.56 bits per heavy atom. The van der Waals surface area contributed by atoms with Crippen molar-refractivity contribution < 1.29 is 14.6 Å². The standard InChI is InChI=1S/C19H24ClN3O3.HI/c1-3-25-13-9-10-18(26-4-2)16(11-13)23-19(21)22-12-17(24)14-7-5-6-8-15(14)20;/h5-11,17,24H,3-4,12H2,1-2H3,(H3,21,22,23);1H. The first kappa shape index (κ1) is 23.3. The summed E-state index contributed by atoms with van der Waals surface area (Å²) in [7, 11) is 0. The third kappa shape index (κ3) is 7.08. The summed E-state index contributed by atoms with van der Waals surface area (Å²) in [6.07, 6.45) is -0.842. The van der Waals surface area contributed by atoms with E-state index < -0.39 is 6.10 Å². The first-order valence-electron chi connectivity index (χ1n) is 8.44. The second kappa shape index (κ2) is 11.9. The van der Waals surface area contributed by atoms with Crippen LogP contribution in [0.25, 0.3) is 0 Å². The molecule has 0 aromatic heterocycles. The molecule has 6 nitrogen and oxygen atoms in total. The summed E-state index contributed by atoms with van der Waals surface area (Å²) in [6, 6.07) is 12.5. The van der Waals surface area contributed by atoms with Gasteiger partial charge in [-0.1, -0.05) is 29.8 Å². The molecular weight excluding hydrogens is 481 g/mol. The maximum Gasteiger partial charge on any atom is 0.193 e. The summed E-state index contributed by atoms with van der Waals surface area (Å²) < 4.78 is 11.1. The molecule has 1 unspecified atom stereocenters. The molecule has 2 aromatic carbocycles. The van der Waals surface area contributed by atoms with Crippen LogP contribution in [0.2, 0.25) is 5.02 Å². The fourth-order valence-corrected chi connectivity index (χ4v) is 2.61. The summed E-state index contributed by atoms with van der Waals surface area (Å²) in [6.45, 7) is 4.97. The zero-order valence-corrected chi connectivity index (χ0v) is 18.4. The predicted octanol–water partition coefficient (Wildman–Crippen LogP) is 4.22. The lowest BCUT2D eigenvalue weighted by atomic mass is 10.1. The SMILES string of the molecule is CCOc1ccc(OCC)c(NC(N)=NCC(O)c2ccccc2Cl)c1.I. The van der Waals surface area contributed by atoms with Crippen molar-refractivity contribution in [3.05, 3.63) is 53.1 Å². The minimum Gasteiger partial charge on any atom is -0.494 e. The van der Waals surface area contributed by atoms with Crippen LogP contribution < -0.4 is 20.5 Å². The van der Waals surface area contributed by atoms with Crippen molar-refractivity contribution >= 4 is 47.2 Å². The molecule has 2 rings (SSSR count). The van der Waals surface area contributed by atoms with Gasteiger partial charge >= 0.3 is 0 Å². The number of hydrogen-bond acceptors (Lipinski definition) is 4. The van der Waals surface area contributed by atoms with Gasteiger partial charge in [-0.05, 0) is 32.0 Å². The van der Waals surface area contributed by atoms with Gasteiger partial charge in [0.2, 0.25) is 0 Å². The van der Waals surface area contributed by atoms with Crippen molar-refractivity contribution in [1.82, 2.24) is 0 Å². The van der Waals surface area contributed by atoms with Crippen LogP contribution in [0, 0.1) is 0 Å². The van der Waals surface area contributed by atoms with Gasteiger partial charge in [0, 0.05) is 16.7 Å². The Hall–Kier alpha value is -1.71. The van der Waals surface area contributed by atoms with Gasteiger partial charge in [-0.3, -0.25) is 4.99 Å². The fraction of sp³-hybridized carbons (Fsp3) is 0.316. The molecule has 0 spiro atoms. The van der Waals surface area contributed by atoms with Gasteiger partial charge in [0.05, 0.1) is 25.4 Å². The van der Waals surface area contributed by atoms with Gasteiger partial charge in [-0.2, -0.15) is 0 Å². The number of aliphatic imine (C=N–C) groups is 1. The molecule has 0 radical (unpaired) electrons. The highest BCUT2D eigenvalue weighted by molar-refractivity contribution is 14.0. The maximum absolute atomic E-state index is 10.2. The van der Waals surface area contributed by atoms with Gasteiger partial charge in [0.1, 0.15) is 17.6 Å². The molecule has 0 aliphatic carbocycles. The molecular formula is C19H25ClIN3O3. The molecule has 8 heteroatoms. The Labute approximate surface area is 181 Å². The van der Waals surface area contributed by atoms with Crippen LogP contribution in [-0.2, 0) is 0 Å². The first-order chi connectivity index (χ1) is 12.5. The molecule has 0 aliphatic rings. The van der Waals surface area contributed by atoms with Gasteiger partial charge in [-0.25, -0.2) is 0 Å². The number of hydrogen-bond donors (Lipinski definition) is 3. The summed E-state index contributed by atoms with van der Waals surface area (Å²) in [5, 5.41) is 13.7. The van der Waals surface area contributed by atoms with E-state index in [1.807, 2.05) is 32.0 Å². The highest BCUT2D eigenvalue weighted by Gasteiger charge is 2.11. The van der Waals surface area contributed by atoms with Crippen LogP contribution in [0.3, 0.4) is 0 Å². The number of guanidine groups is 1. The van der Waals surface area contributed by atoms with E-state index in [9.17, 15) is 5.11 Å². The number of aliphatic hydroxyl groups excluding tert-OH is 1. The normalized spacial score (nSPS) is 12.1. The molecule has 0 amide bonds. The van der Waals surface area contributed by atoms with Crippen LogP contribution >= 0.6 is 35.6 Å². The molecule has 0 saturated carbocycles. The van der Waals surface area contributed by atoms with Gasteiger partial charge in [0.25, 0.3) is 0 Å². The molecule has 4 N–H and O–H groups in total. The molecule has 0 bridgehead atoms. The van der Waals surface area contributed by atoms with Gasteiger partial charge in [-0.15, -0.1) is 24.0 Å². The molecule has 0 saturated heterocycles. The average Bonchev–Trinajstić information content (AvgIpc) is 2.62. The molecule has 1 atom stereocenters. The molecule has 27 heavy (non-hydrogen) atoms. The van der Waals surface area contributed by atoms with E-state index in [0.29, 0.717) is 41.0 Å². The third-order valence-electron chi connectivity index (χ3n) is 3.52. The number of nitrogens with one attached hydrogen (secondary N) is 1. The number of aliphatic hydroxyl groups is 1. The second-order valence-electron chi connectivity index (χ2n) is 5.41. The van der Waals surface area contributed by atoms with Crippen molar-refractivity contribution in [2.75, 3.05) is 25.1 Å². The van der Waals surface area contributed by atoms with Crippen LogP contribution in [0.5, 0.6) is 11.5 Å². The highest BCUT2D eigenvalue weighted by Crippen LogP contribution is 2.29. The Balaban J connectivity index is 0.00000364. The Bertz CT molecular complexity index is 759. The molecule has 148 valence electrons. The van der Waals surface area contributed by atoms with Crippen molar-refractivity contribution in [1.29, 1.82) is 0 Å². The summed E-state index contributed by atoms with van der Waals surface area (Å²) in [5.41, 5.74) is 7.21. The Morgan fingerprint density at radius 2 is 1.89 bits per heavy atom. The lowest BCUT2D eigenvalue weighted by Gasteiger charge is -2.15.